The lowest BCUT2D eigenvalue weighted by Crippen LogP contribution is -1.96. The van der Waals surface area contributed by atoms with Crippen LogP contribution in [-0.4, -0.2) is 9.97 Å². The molecule has 0 aliphatic rings. The predicted octanol–water partition coefficient (Wildman–Crippen LogP) is 5.47. The molecule has 0 aliphatic carbocycles. The highest BCUT2D eigenvalue weighted by molar-refractivity contribution is 5.65. The molecule has 0 amide bonds. The molecule has 27 heavy (non-hydrogen) atoms. The number of hydrogen-bond donors (Lipinski definition) is 0. The summed E-state index contributed by atoms with van der Waals surface area (Å²) >= 11 is 0. The fourth-order valence-electron chi connectivity index (χ4n) is 2.67. The van der Waals surface area contributed by atoms with Crippen LogP contribution < -0.4 is 4.74 Å². The summed E-state index contributed by atoms with van der Waals surface area (Å²) in [6, 6.07) is 30.6. The van der Waals surface area contributed by atoms with Crippen molar-refractivity contribution in [2.75, 3.05) is 0 Å². The minimum atomic E-state index is 0.451. The van der Waals surface area contributed by atoms with E-state index in [1.807, 2.05) is 66.7 Å². The second kappa shape index (κ2) is 7.51. The number of nitrogens with zero attached hydrogens (tertiary/aromatic N) is 3. The van der Waals surface area contributed by atoms with Gasteiger partial charge < -0.3 is 4.74 Å². The summed E-state index contributed by atoms with van der Waals surface area (Å²) < 4.78 is 5.94. The molecule has 0 aliphatic heterocycles. The van der Waals surface area contributed by atoms with Crippen molar-refractivity contribution in [2.45, 2.75) is 0 Å². The first-order chi connectivity index (χ1) is 13.3. The largest absolute Gasteiger partial charge is 0.439 e. The van der Waals surface area contributed by atoms with Crippen molar-refractivity contribution < 1.29 is 4.74 Å². The summed E-state index contributed by atoms with van der Waals surface area (Å²) in [6.45, 7) is 0. The minimum absolute atomic E-state index is 0.451. The molecule has 0 saturated heterocycles. The molecule has 4 nitrogen and oxygen atoms in total. The van der Waals surface area contributed by atoms with Crippen LogP contribution in [0, 0.1) is 11.3 Å². The Balaban J connectivity index is 1.77. The van der Waals surface area contributed by atoms with Gasteiger partial charge in [-0.1, -0.05) is 60.7 Å². The third-order valence-electron chi connectivity index (χ3n) is 4.01. The Morgan fingerprint density at radius 2 is 1.33 bits per heavy atom. The Morgan fingerprint density at radius 3 is 1.96 bits per heavy atom. The van der Waals surface area contributed by atoms with Crippen LogP contribution in [0.5, 0.6) is 11.6 Å². The molecule has 0 saturated carbocycles. The van der Waals surface area contributed by atoms with E-state index in [0.717, 1.165) is 16.8 Å². The van der Waals surface area contributed by atoms with Crippen LogP contribution >= 0.6 is 0 Å². The lowest BCUT2D eigenvalue weighted by Gasteiger charge is -2.10. The van der Waals surface area contributed by atoms with Crippen LogP contribution in [0.4, 0.5) is 0 Å². The van der Waals surface area contributed by atoms with Crippen molar-refractivity contribution in [3.05, 3.63) is 96.6 Å². The molecule has 128 valence electrons. The van der Waals surface area contributed by atoms with Crippen molar-refractivity contribution in [2.24, 2.45) is 0 Å². The first-order valence-corrected chi connectivity index (χ1v) is 8.50. The third-order valence-corrected chi connectivity index (χ3v) is 4.01. The Labute approximate surface area is 157 Å². The van der Waals surface area contributed by atoms with E-state index in [0.29, 0.717) is 23.0 Å². The van der Waals surface area contributed by atoms with E-state index in [1.54, 1.807) is 24.3 Å². The van der Waals surface area contributed by atoms with E-state index in [2.05, 4.69) is 11.1 Å². The smallest absolute Gasteiger partial charge is 0.223 e. The second-order valence-corrected chi connectivity index (χ2v) is 5.89. The monoisotopic (exact) mass is 349 g/mol. The average molecular weight is 349 g/mol. The number of aromatic nitrogens is 2. The number of benzene rings is 3. The molecule has 0 N–H and O–H groups in total. The molecular formula is C23H15N3O. The van der Waals surface area contributed by atoms with Gasteiger partial charge in [0.2, 0.25) is 5.88 Å². The Kier molecular flexibility index (Phi) is 4.59. The van der Waals surface area contributed by atoms with Gasteiger partial charge in [0.1, 0.15) is 5.75 Å². The van der Waals surface area contributed by atoms with Crippen LogP contribution in [0.15, 0.2) is 91.0 Å². The van der Waals surface area contributed by atoms with Gasteiger partial charge in [0.25, 0.3) is 0 Å². The van der Waals surface area contributed by atoms with Crippen LogP contribution in [0.3, 0.4) is 0 Å². The summed E-state index contributed by atoms with van der Waals surface area (Å²) in [5.74, 6) is 1.67. The molecule has 1 heterocycles. The maximum atomic E-state index is 8.93. The zero-order valence-corrected chi connectivity index (χ0v) is 14.4. The molecule has 0 spiro atoms. The van der Waals surface area contributed by atoms with Crippen LogP contribution in [0.25, 0.3) is 22.6 Å². The average Bonchev–Trinajstić information content (AvgIpc) is 2.75. The molecule has 4 rings (SSSR count). The maximum Gasteiger partial charge on any atom is 0.223 e. The number of hydrogen-bond acceptors (Lipinski definition) is 4. The summed E-state index contributed by atoms with van der Waals surface area (Å²) in [5, 5.41) is 8.93. The zero-order chi connectivity index (χ0) is 18.5. The highest BCUT2D eigenvalue weighted by atomic mass is 16.5. The highest BCUT2D eigenvalue weighted by Crippen LogP contribution is 2.28. The van der Waals surface area contributed by atoms with Crippen molar-refractivity contribution in [3.8, 4) is 40.3 Å². The van der Waals surface area contributed by atoms with Gasteiger partial charge in [-0.15, -0.1) is 0 Å². The van der Waals surface area contributed by atoms with E-state index >= 15 is 0 Å². The third kappa shape index (κ3) is 3.83. The summed E-state index contributed by atoms with van der Waals surface area (Å²) in [5.41, 5.74) is 3.27. The van der Waals surface area contributed by atoms with Crippen LogP contribution in [0.1, 0.15) is 5.56 Å². The van der Waals surface area contributed by atoms with E-state index < -0.39 is 0 Å². The SMILES string of the molecule is N#Cc1ccc(Oc2cc(-c3ccccc3)nc(-c3ccccc3)n2)cc1. The quantitative estimate of drug-likeness (QED) is 0.490. The Hall–Kier alpha value is -3.97. The van der Waals surface area contributed by atoms with Gasteiger partial charge >= 0.3 is 0 Å². The summed E-state index contributed by atoms with van der Waals surface area (Å²) in [6.07, 6.45) is 0. The molecule has 3 aromatic carbocycles. The lowest BCUT2D eigenvalue weighted by molar-refractivity contribution is 0.462. The molecular weight excluding hydrogens is 334 g/mol. The van der Waals surface area contributed by atoms with Gasteiger partial charge in [-0.3, -0.25) is 0 Å². The standard InChI is InChI=1S/C23H15N3O/c24-16-17-11-13-20(14-12-17)27-22-15-21(18-7-3-1-4-8-18)25-23(26-22)19-9-5-2-6-10-19/h1-15H. The molecule has 0 bridgehead atoms. The van der Waals surface area contributed by atoms with Crippen molar-refractivity contribution >= 4 is 0 Å². The fourth-order valence-corrected chi connectivity index (χ4v) is 2.67. The molecule has 4 aromatic rings. The van der Waals surface area contributed by atoms with Gasteiger partial charge in [0, 0.05) is 17.2 Å². The highest BCUT2D eigenvalue weighted by Gasteiger charge is 2.10. The molecule has 0 atom stereocenters. The first-order valence-electron chi connectivity index (χ1n) is 8.50. The van der Waals surface area contributed by atoms with E-state index in [1.165, 1.54) is 0 Å². The van der Waals surface area contributed by atoms with E-state index in [9.17, 15) is 0 Å². The minimum Gasteiger partial charge on any atom is -0.439 e. The van der Waals surface area contributed by atoms with Gasteiger partial charge in [0.05, 0.1) is 17.3 Å². The normalized spacial score (nSPS) is 10.2. The molecule has 4 heteroatoms. The van der Waals surface area contributed by atoms with Gasteiger partial charge in [-0.05, 0) is 24.3 Å². The number of rotatable bonds is 4. The van der Waals surface area contributed by atoms with Crippen molar-refractivity contribution in [1.29, 1.82) is 5.26 Å². The van der Waals surface area contributed by atoms with Gasteiger partial charge in [-0.25, -0.2) is 4.98 Å². The Morgan fingerprint density at radius 1 is 0.704 bits per heavy atom. The molecule has 1 aromatic heterocycles. The van der Waals surface area contributed by atoms with Crippen LogP contribution in [-0.2, 0) is 0 Å². The van der Waals surface area contributed by atoms with Gasteiger partial charge in [-0.2, -0.15) is 10.2 Å². The number of ether oxygens (including phenoxy) is 1. The van der Waals surface area contributed by atoms with E-state index in [-0.39, 0.29) is 0 Å². The topological polar surface area (TPSA) is 58.8 Å². The van der Waals surface area contributed by atoms with E-state index in [4.69, 9.17) is 15.0 Å². The summed E-state index contributed by atoms with van der Waals surface area (Å²) in [4.78, 5) is 9.28. The molecule has 0 radical (unpaired) electrons. The zero-order valence-electron chi connectivity index (χ0n) is 14.4. The fraction of sp³-hybridized carbons (Fsp3) is 0. The first kappa shape index (κ1) is 16.5. The molecule has 0 fully saturated rings. The van der Waals surface area contributed by atoms with Crippen molar-refractivity contribution in [3.63, 3.8) is 0 Å². The second-order valence-electron chi connectivity index (χ2n) is 5.89. The van der Waals surface area contributed by atoms with Crippen LogP contribution in [0.2, 0.25) is 0 Å². The Bertz CT molecular complexity index is 1030. The van der Waals surface area contributed by atoms with Gasteiger partial charge in [0.15, 0.2) is 5.82 Å². The number of nitriles is 1. The maximum absolute atomic E-state index is 8.93. The predicted molar refractivity (Wildman–Crippen MR) is 104 cm³/mol. The lowest BCUT2D eigenvalue weighted by atomic mass is 10.1. The molecule has 0 unspecified atom stereocenters. The van der Waals surface area contributed by atoms with Crippen molar-refractivity contribution in [1.82, 2.24) is 9.97 Å². The summed E-state index contributed by atoms with van der Waals surface area (Å²) in [7, 11) is 0.